The topological polar surface area (TPSA) is 78.5 Å². The summed E-state index contributed by atoms with van der Waals surface area (Å²) in [5, 5.41) is 6.35. The van der Waals surface area contributed by atoms with E-state index >= 15 is 0 Å². The Balaban J connectivity index is 1.44. The Bertz CT molecular complexity index is 1170. The lowest BCUT2D eigenvalue weighted by Crippen LogP contribution is -2.36. The van der Waals surface area contributed by atoms with Gasteiger partial charge in [0.1, 0.15) is 5.00 Å². The highest BCUT2D eigenvalue weighted by atomic mass is 32.1. The second-order valence-electron chi connectivity index (χ2n) is 8.79. The number of nitrogens with one attached hydrogen (secondary N) is 2. The molecule has 0 unspecified atom stereocenters. The lowest BCUT2D eigenvalue weighted by atomic mass is 10.0. The van der Waals surface area contributed by atoms with E-state index in [1.54, 1.807) is 0 Å². The molecule has 0 spiro atoms. The van der Waals surface area contributed by atoms with Gasteiger partial charge in [-0.25, -0.2) is 0 Å². The van der Waals surface area contributed by atoms with E-state index in [2.05, 4.69) is 10.6 Å². The summed E-state index contributed by atoms with van der Waals surface area (Å²) in [5.74, 6) is -0.367. The minimum Gasteiger partial charge on any atom is -0.355 e. The molecule has 0 atom stereocenters. The number of anilines is 1. The minimum absolute atomic E-state index is 0.0212. The van der Waals surface area contributed by atoms with Crippen LogP contribution in [0.25, 0.3) is 10.4 Å². The lowest BCUT2D eigenvalue weighted by molar-refractivity contribution is -0.120. The summed E-state index contributed by atoms with van der Waals surface area (Å²) in [5.41, 5.74) is 3.43. The number of hydrogen-bond donors (Lipinski definition) is 2. The van der Waals surface area contributed by atoms with Gasteiger partial charge in [-0.05, 0) is 42.9 Å². The third kappa shape index (κ3) is 6.36. The van der Waals surface area contributed by atoms with Crippen molar-refractivity contribution in [1.82, 2.24) is 10.2 Å². The first kappa shape index (κ1) is 24.7. The molecule has 3 amide bonds. The second-order valence-corrected chi connectivity index (χ2v) is 9.81. The predicted molar refractivity (Wildman–Crippen MR) is 141 cm³/mol. The molecule has 0 bridgehead atoms. The van der Waals surface area contributed by atoms with Crippen molar-refractivity contribution in [2.75, 3.05) is 25.0 Å². The van der Waals surface area contributed by atoms with E-state index in [-0.39, 0.29) is 37.1 Å². The normalized spacial score (nSPS) is 13.3. The van der Waals surface area contributed by atoms with Gasteiger partial charge in [-0.15, -0.1) is 11.3 Å². The highest BCUT2D eigenvalue weighted by molar-refractivity contribution is 7.20. The van der Waals surface area contributed by atoms with E-state index in [4.69, 9.17) is 0 Å². The molecule has 1 saturated heterocycles. The maximum atomic E-state index is 13.5. The summed E-state index contributed by atoms with van der Waals surface area (Å²) >= 11 is 1.43. The first-order valence-electron chi connectivity index (χ1n) is 12.1. The molecule has 3 aromatic rings. The van der Waals surface area contributed by atoms with E-state index in [0.717, 1.165) is 53.9 Å². The molecule has 2 heterocycles. The molecule has 0 radical (unpaired) electrons. The average molecular weight is 490 g/mol. The monoisotopic (exact) mass is 489 g/mol. The summed E-state index contributed by atoms with van der Waals surface area (Å²) < 4.78 is 0. The number of nitrogens with zero attached hydrogens (tertiary/aromatic N) is 1. The first-order valence-corrected chi connectivity index (χ1v) is 12.9. The third-order valence-electron chi connectivity index (χ3n) is 6.17. The Morgan fingerprint density at radius 3 is 2.23 bits per heavy atom. The van der Waals surface area contributed by atoms with Crippen molar-refractivity contribution in [2.45, 2.75) is 39.0 Å². The van der Waals surface area contributed by atoms with Crippen molar-refractivity contribution in [3.05, 3.63) is 77.4 Å². The van der Waals surface area contributed by atoms with Crippen molar-refractivity contribution in [2.24, 2.45) is 0 Å². The maximum absolute atomic E-state index is 13.5. The smallest absolute Gasteiger partial charge is 0.257 e. The molecule has 1 aromatic heterocycles. The zero-order valence-corrected chi connectivity index (χ0v) is 20.8. The van der Waals surface area contributed by atoms with Crippen LogP contribution < -0.4 is 10.6 Å². The van der Waals surface area contributed by atoms with Crippen molar-refractivity contribution in [1.29, 1.82) is 0 Å². The molecule has 35 heavy (non-hydrogen) atoms. The number of thiophene rings is 1. The Hall–Kier alpha value is -3.45. The third-order valence-corrected chi connectivity index (χ3v) is 7.43. The van der Waals surface area contributed by atoms with Crippen molar-refractivity contribution >= 4 is 34.1 Å². The van der Waals surface area contributed by atoms with Gasteiger partial charge in [-0.2, -0.15) is 0 Å². The molecule has 0 aliphatic carbocycles. The fourth-order valence-corrected chi connectivity index (χ4v) is 5.55. The van der Waals surface area contributed by atoms with Crippen LogP contribution in [0.15, 0.2) is 60.7 Å². The Morgan fingerprint density at radius 2 is 1.54 bits per heavy atom. The molecule has 182 valence electrons. The van der Waals surface area contributed by atoms with Crippen LogP contribution in [0.2, 0.25) is 0 Å². The summed E-state index contributed by atoms with van der Waals surface area (Å²) in [6.07, 6.45) is 3.56. The van der Waals surface area contributed by atoms with Crippen molar-refractivity contribution in [3.8, 4) is 10.4 Å². The van der Waals surface area contributed by atoms with E-state index in [1.807, 2.05) is 72.5 Å². The molecule has 2 N–H and O–H groups in total. The lowest BCUT2D eigenvalue weighted by Gasteiger charge is -2.27. The van der Waals surface area contributed by atoms with Crippen LogP contribution >= 0.6 is 11.3 Å². The standard InChI is InChI=1S/C28H31N3O3S/c1-20-25(28(34)31-17-9-4-10-18-31)27(35-26(20)22-13-7-3-8-14-22)30-23(32)15-16-29-24(33)19-21-11-5-2-6-12-21/h2-3,5-8,11-14H,4,9-10,15-19H2,1H3,(H,29,33)(H,30,32). The molecular formula is C28H31N3O3S. The summed E-state index contributed by atoms with van der Waals surface area (Å²) in [6, 6.07) is 19.4. The Morgan fingerprint density at radius 1 is 0.886 bits per heavy atom. The van der Waals surface area contributed by atoms with Crippen LogP contribution in [0.3, 0.4) is 0 Å². The summed E-state index contributed by atoms with van der Waals surface area (Å²) in [4.78, 5) is 41.3. The molecule has 1 aliphatic rings. The van der Waals surface area contributed by atoms with Gasteiger partial charge in [0.15, 0.2) is 0 Å². The molecular weight excluding hydrogens is 458 g/mol. The molecule has 6 nitrogen and oxygen atoms in total. The molecule has 0 saturated carbocycles. The van der Waals surface area contributed by atoms with Gasteiger partial charge in [-0.3, -0.25) is 14.4 Å². The number of carbonyl (C=O) groups excluding carboxylic acids is 3. The van der Waals surface area contributed by atoms with Gasteiger partial charge in [0.2, 0.25) is 11.8 Å². The Kier molecular flexibility index (Phi) is 8.32. The molecule has 4 rings (SSSR count). The van der Waals surface area contributed by atoms with Gasteiger partial charge >= 0.3 is 0 Å². The van der Waals surface area contributed by atoms with Crippen LogP contribution in [0.1, 0.15) is 47.2 Å². The number of amides is 3. The second kappa shape index (κ2) is 11.8. The highest BCUT2D eigenvalue weighted by Gasteiger charge is 2.27. The van der Waals surface area contributed by atoms with Crippen LogP contribution in [0.4, 0.5) is 5.00 Å². The zero-order valence-electron chi connectivity index (χ0n) is 20.0. The van der Waals surface area contributed by atoms with Gasteiger partial charge < -0.3 is 15.5 Å². The van der Waals surface area contributed by atoms with Crippen molar-refractivity contribution < 1.29 is 14.4 Å². The van der Waals surface area contributed by atoms with Crippen LogP contribution in [-0.2, 0) is 16.0 Å². The molecule has 1 fully saturated rings. The average Bonchev–Trinajstić information content (AvgIpc) is 3.20. The predicted octanol–water partition coefficient (Wildman–Crippen LogP) is 5.04. The number of carbonyl (C=O) groups is 3. The van der Waals surface area contributed by atoms with Gasteiger partial charge in [0, 0.05) is 30.9 Å². The quantitative estimate of drug-likeness (QED) is 0.465. The number of hydrogen-bond acceptors (Lipinski definition) is 4. The van der Waals surface area contributed by atoms with E-state index in [9.17, 15) is 14.4 Å². The highest BCUT2D eigenvalue weighted by Crippen LogP contribution is 2.40. The fourth-order valence-electron chi connectivity index (χ4n) is 4.33. The largest absolute Gasteiger partial charge is 0.355 e. The van der Waals surface area contributed by atoms with E-state index < -0.39 is 0 Å². The number of rotatable bonds is 8. The Labute approximate surface area is 210 Å². The minimum atomic E-state index is -0.224. The maximum Gasteiger partial charge on any atom is 0.257 e. The number of benzene rings is 2. The molecule has 1 aliphatic heterocycles. The van der Waals surface area contributed by atoms with E-state index in [0.29, 0.717) is 10.6 Å². The van der Waals surface area contributed by atoms with Gasteiger partial charge in [-0.1, -0.05) is 60.7 Å². The molecule has 2 aromatic carbocycles. The van der Waals surface area contributed by atoms with Crippen LogP contribution in [0, 0.1) is 6.92 Å². The van der Waals surface area contributed by atoms with Crippen LogP contribution in [-0.4, -0.2) is 42.3 Å². The molecule has 7 heteroatoms. The fraction of sp³-hybridized carbons (Fsp3) is 0.321. The first-order chi connectivity index (χ1) is 17.0. The summed E-state index contributed by atoms with van der Waals surface area (Å²) in [6.45, 7) is 3.68. The van der Waals surface area contributed by atoms with Gasteiger partial charge in [0.05, 0.1) is 12.0 Å². The zero-order chi connectivity index (χ0) is 24.6. The SMILES string of the molecule is Cc1c(-c2ccccc2)sc(NC(=O)CCNC(=O)Cc2ccccc2)c1C(=O)N1CCCCC1. The van der Waals surface area contributed by atoms with Crippen molar-refractivity contribution in [3.63, 3.8) is 0 Å². The summed E-state index contributed by atoms with van der Waals surface area (Å²) in [7, 11) is 0. The number of piperidine rings is 1. The van der Waals surface area contributed by atoms with Gasteiger partial charge in [0.25, 0.3) is 5.91 Å². The van der Waals surface area contributed by atoms with Crippen LogP contribution in [0.5, 0.6) is 0 Å². The van der Waals surface area contributed by atoms with E-state index in [1.165, 1.54) is 11.3 Å². The number of likely N-dealkylation sites (tertiary alicyclic amines) is 1.